The van der Waals surface area contributed by atoms with Crippen molar-refractivity contribution >= 4 is 5.91 Å². The third-order valence-corrected chi connectivity index (χ3v) is 4.07. The Balaban J connectivity index is 1.59. The molecule has 0 fully saturated rings. The maximum atomic E-state index is 12.3. The van der Waals surface area contributed by atoms with Crippen LogP contribution in [-0.4, -0.2) is 33.3 Å². The van der Waals surface area contributed by atoms with Crippen LogP contribution >= 0.6 is 0 Å². The van der Waals surface area contributed by atoms with E-state index < -0.39 is 0 Å². The van der Waals surface area contributed by atoms with Gasteiger partial charge in [-0.15, -0.1) is 0 Å². The Morgan fingerprint density at radius 3 is 2.58 bits per heavy atom. The Hall–Kier alpha value is -2.69. The summed E-state index contributed by atoms with van der Waals surface area (Å²) in [5.41, 5.74) is 2.97. The normalized spacial score (nSPS) is 12.2. The van der Waals surface area contributed by atoms with Gasteiger partial charge in [0.25, 0.3) is 5.91 Å². The first-order chi connectivity index (χ1) is 11.7. The summed E-state index contributed by atoms with van der Waals surface area (Å²) in [6, 6.07) is 11.3. The van der Waals surface area contributed by atoms with E-state index in [0.29, 0.717) is 23.6 Å². The number of nitrogens with one attached hydrogen (secondary N) is 1. The minimum absolute atomic E-state index is 0.142. The first-order valence-electron chi connectivity index (χ1n) is 7.95. The molecule has 2 aromatic rings. The third-order valence-electron chi connectivity index (χ3n) is 4.07. The van der Waals surface area contributed by atoms with Gasteiger partial charge in [-0.25, -0.2) is 0 Å². The maximum Gasteiger partial charge on any atom is 0.251 e. The predicted octanol–water partition coefficient (Wildman–Crippen LogP) is 2.61. The summed E-state index contributed by atoms with van der Waals surface area (Å²) < 4.78 is 15.9. The molecule has 0 saturated carbocycles. The van der Waals surface area contributed by atoms with Crippen molar-refractivity contribution in [2.24, 2.45) is 0 Å². The fourth-order valence-corrected chi connectivity index (χ4v) is 2.76. The fraction of sp³-hybridized carbons (Fsp3) is 0.316. The Bertz CT molecular complexity index is 720. The molecule has 3 rings (SSSR count). The highest BCUT2D eigenvalue weighted by Gasteiger charge is 2.13. The first-order valence-corrected chi connectivity index (χ1v) is 7.95. The molecule has 1 N–H and O–H groups in total. The summed E-state index contributed by atoms with van der Waals surface area (Å²) in [4.78, 5) is 12.3. The molecule has 0 atom stereocenters. The standard InChI is InChI=1S/C19H21NO4/c1-22-16-10-15(11-17(12-16)23-2)19(21)20-7-5-13-3-4-18-14(9-13)6-8-24-18/h3-4,9-12H,5-8H2,1-2H3,(H,20,21). The number of carbonyl (C=O) groups is 1. The average molecular weight is 327 g/mol. The van der Waals surface area contributed by atoms with Crippen molar-refractivity contribution in [3.05, 3.63) is 53.1 Å². The van der Waals surface area contributed by atoms with E-state index in [0.717, 1.165) is 25.2 Å². The average Bonchev–Trinajstić information content (AvgIpc) is 3.08. The quantitative estimate of drug-likeness (QED) is 0.886. The van der Waals surface area contributed by atoms with Gasteiger partial charge in [-0.1, -0.05) is 12.1 Å². The second kappa shape index (κ2) is 7.25. The molecular weight excluding hydrogens is 306 g/mol. The van der Waals surface area contributed by atoms with Gasteiger partial charge in [0.1, 0.15) is 17.2 Å². The van der Waals surface area contributed by atoms with Gasteiger partial charge < -0.3 is 19.5 Å². The minimum atomic E-state index is -0.142. The van der Waals surface area contributed by atoms with Gasteiger partial charge in [0.2, 0.25) is 0 Å². The Kier molecular flexibility index (Phi) is 4.89. The number of carbonyl (C=O) groups excluding carboxylic acids is 1. The summed E-state index contributed by atoms with van der Waals surface area (Å²) >= 11 is 0. The lowest BCUT2D eigenvalue weighted by molar-refractivity contribution is 0.0953. The molecule has 0 bridgehead atoms. The Morgan fingerprint density at radius 2 is 1.88 bits per heavy atom. The van der Waals surface area contributed by atoms with E-state index in [1.807, 2.05) is 12.1 Å². The van der Waals surface area contributed by atoms with Crippen LogP contribution in [-0.2, 0) is 12.8 Å². The van der Waals surface area contributed by atoms with Crippen LogP contribution in [0.5, 0.6) is 17.2 Å². The van der Waals surface area contributed by atoms with Crippen LogP contribution in [0, 0.1) is 0 Å². The van der Waals surface area contributed by atoms with E-state index in [1.165, 1.54) is 11.1 Å². The lowest BCUT2D eigenvalue weighted by Crippen LogP contribution is -2.25. The highest BCUT2D eigenvalue weighted by Crippen LogP contribution is 2.26. The SMILES string of the molecule is COc1cc(OC)cc(C(=O)NCCc2ccc3c(c2)CCO3)c1. The van der Waals surface area contributed by atoms with Crippen molar-refractivity contribution in [1.82, 2.24) is 5.32 Å². The largest absolute Gasteiger partial charge is 0.497 e. The summed E-state index contributed by atoms with van der Waals surface area (Å²) in [5, 5.41) is 2.94. The maximum absolute atomic E-state index is 12.3. The molecule has 1 aliphatic heterocycles. The number of hydrogen-bond acceptors (Lipinski definition) is 4. The van der Waals surface area contributed by atoms with Crippen molar-refractivity contribution < 1.29 is 19.0 Å². The summed E-state index contributed by atoms with van der Waals surface area (Å²) in [5.74, 6) is 2.03. The molecule has 0 unspecified atom stereocenters. The summed E-state index contributed by atoms with van der Waals surface area (Å²) in [6.07, 6.45) is 1.74. The van der Waals surface area contributed by atoms with Gasteiger partial charge in [0, 0.05) is 24.6 Å². The van der Waals surface area contributed by atoms with Crippen LogP contribution in [0.3, 0.4) is 0 Å². The van der Waals surface area contributed by atoms with E-state index in [1.54, 1.807) is 32.4 Å². The molecule has 2 aromatic carbocycles. The van der Waals surface area contributed by atoms with Crippen molar-refractivity contribution in [2.75, 3.05) is 27.4 Å². The van der Waals surface area contributed by atoms with E-state index in [4.69, 9.17) is 14.2 Å². The fourth-order valence-electron chi connectivity index (χ4n) is 2.76. The molecule has 1 aliphatic rings. The van der Waals surface area contributed by atoms with Crippen molar-refractivity contribution in [3.8, 4) is 17.2 Å². The highest BCUT2D eigenvalue weighted by atomic mass is 16.5. The molecule has 126 valence electrons. The van der Waals surface area contributed by atoms with Gasteiger partial charge in [0.05, 0.1) is 20.8 Å². The first kappa shape index (κ1) is 16.2. The van der Waals surface area contributed by atoms with Crippen LogP contribution in [0.25, 0.3) is 0 Å². The summed E-state index contributed by atoms with van der Waals surface area (Å²) in [7, 11) is 3.13. The number of hydrogen-bond donors (Lipinski definition) is 1. The molecule has 0 spiro atoms. The highest BCUT2D eigenvalue weighted by molar-refractivity contribution is 5.95. The minimum Gasteiger partial charge on any atom is -0.497 e. The molecule has 0 saturated heterocycles. The molecule has 5 nitrogen and oxygen atoms in total. The Labute approximate surface area is 141 Å². The van der Waals surface area contributed by atoms with E-state index in [-0.39, 0.29) is 5.91 Å². The summed E-state index contributed by atoms with van der Waals surface area (Å²) in [6.45, 7) is 1.32. The van der Waals surface area contributed by atoms with Crippen LogP contribution in [0.2, 0.25) is 0 Å². The second-order valence-electron chi connectivity index (χ2n) is 5.65. The van der Waals surface area contributed by atoms with Gasteiger partial charge >= 0.3 is 0 Å². The number of benzene rings is 2. The molecule has 1 amide bonds. The topological polar surface area (TPSA) is 56.8 Å². The van der Waals surface area contributed by atoms with Crippen molar-refractivity contribution in [1.29, 1.82) is 0 Å². The lowest BCUT2D eigenvalue weighted by Gasteiger charge is -2.09. The van der Waals surface area contributed by atoms with Crippen LogP contribution in [0.15, 0.2) is 36.4 Å². The molecule has 0 radical (unpaired) electrons. The predicted molar refractivity (Wildman–Crippen MR) is 91.2 cm³/mol. The van der Waals surface area contributed by atoms with E-state index >= 15 is 0 Å². The monoisotopic (exact) mass is 327 g/mol. The zero-order valence-corrected chi connectivity index (χ0v) is 13.9. The molecule has 0 aliphatic carbocycles. The number of fused-ring (bicyclic) bond motifs is 1. The number of methoxy groups -OCH3 is 2. The molecular formula is C19H21NO4. The van der Waals surface area contributed by atoms with Gasteiger partial charge in [-0.3, -0.25) is 4.79 Å². The molecule has 0 aromatic heterocycles. The number of ether oxygens (including phenoxy) is 3. The number of amides is 1. The van der Waals surface area contributed by atoms with Gasteiger partial charge in [-0.2, -0.15) is 0 Å². The molecule has 1 heterocycles. The van der Waals surface area contributed by atoms with Gasteiger partial charge in [0.15, 0.2) is 0 Å². The van der Waals surface area contributed by atoms with E-state index in [9.17, 15) is 4.79 Å². The van der Waals surface area contributed by atoms with Crippen LogP contribution < -0.4 is 19.5 Å². The second-order valence-corrected chi connectivity index (χ2v) is 5.65. The number of rotatable bonds is 6. The molecule has 5 heteroatoms. The molecule has 24 heavy (non-hydrogen) atoms. The zero-order chi connectivity index (χ0) is 16.9. The van der Waals surface area contributed by atoms with Gasteiger partial charge in [-0.05, 0) is 35.7 Å². The smallest absolute Gasteiger partial charge is 0.251 e. The van der Waals surface area contributed by atoms with Crippen molar-refractivity contribution in [2.45, 2.75) is 12.8 Å². The van der Waals surface area contributed by atoms with Crippen molar-refractivity contribution in [3.63, 3.8) is 0 Å². The Morgan fingerprint density at radius 1 is 1.12 bits per heavy atom. The van der Waals surface area contributed by atoms with Crippen LogP contribution in [0.4, 0.5) is 0 Å². The van der Waals surface area contributed by atoms with E-state index in [2.05, 4.69) is 11.4 Å². The third kappa shape index (κ3) is 3.62. The zero-order valence-electron chi connectivity index (χ0n) is 13.9. The van der Waals surface area contributed by atoms with Crippen LogP contribution in [0.1, 0.15) is 21.5 Å². The lowest BCUT2D eigenvalue weighted by atomic mass is 10.1.